The summed E-state index contributed by atoms with van der Waals surface area (Å²) in [4.78, 5) is 28.4. The Labute approximate surface area is 190 Å². The van der Waals surface area contributed by atoms with Gasteiger partial charge in [-0.3, -0.25) is 0 Å². The number of ether oxygens (including phenoxy) is 2. The molecule has 0 aliphatic heterocycles. The van der Waals surface area contributed by atoms with E-state index in [1.165, 1.54) is 26.4 Å². The van der Waals surface area contributed by atoms with Crippen molar-refractivity contribution in [2.24, 2.45) is 0 Å². The van der Waals surface area contributed by atoms with Crippen molar-refractivity contribution in [3.63, 3.8) is 0 Å². The van der Waals surface area contributed by atoms with Crippen molar-refractivity contribution in [1.82, 2.24) is 9.97 Å². The summed E-state index contributed by atoms with van der Waals surface area (Å²) in [6.07, 6.45) is 7.56. The van der Waals surface area contributed by atoms with Crippen LogP contribution in [0.15, 0.2) is 54.9 Å². The highest BCUT2D eigenvalue weighted by atomic mass is 35.5. The Morgan fingerprint density at radius 1 is 1.00 bits per heavy atom. The fourth-order valence-corrected chi connectivity index (χ4v) is 2.49. The van der Waals surface area contributed by atoms with E-state index in [-0.39, 0.29) is 42.9 Å². The second-order valence-corrected chi connectivity index (χ2v) is 6.64. The minimum absolute atomic E-state index is 0. The van der Waals surface area contributed by atoms with Crippen molar-refractivity contribution in [2.45, 2.75) is 52.1 Å². The number of halogens is 2. The predicted octanol–water partition coefficient (Wildman–Crippen LogP) is 5.58. The lowest BCUT2D eigenvalue weighted by atomic mass is 9.98. The molecule has 2 aromatic rings. The number of H-pyrrole nitrogens is 1. The van der Waals surface area contributed by atoms with Gasteiger partial charge in [0.25, 0.3) is 0 Å². The molecule has 0 unspecified atom stereocenters. The zero-order chi connectivity index (χ0) is 20.9. The lowest BCUT2D eigenvalue weighted by Gasteiger charge is -2.21. The summed E-state index contributed by atoms with van der Waals surface area (Å²) in [5, 5.41) is 0. The first kappa shape index (κ1) is 29.9. The summed E-state index contributed by atoms with van der Waals surface area (Å²) in [6, 6.07) is 7.94. The molecule has 6 nitrogen and oxygen atoms in total. The molecule has 0 radical (unpaired) electrons. The maximum Gasteiger partial charge on any atom is 0.333 e. The van der Waals surface area contributed by atoms with Crippen LogP contribution in [0.5, 0.6) is 0 Å². The van der Waals surface area contributed by atoms with Gasteiger partial charge in [-0.1, -0.05) is 31.7 Å². The summed E-state index contributed by atoms with van der Waals surface area (Å²) >= 11 is 0. The normalized spacial score (nSPS) is 12.4. The van der Waals surface area contributed by atoms with Gasteiger partial charge in [-0.05, 0) is 51.7 Å². The number of nitrogens with zero attached hydrogens (tertiary/aromatic N) is 1. The van der Waals surface area contributed by atoms with Crippen LogP contribution in [0.1, 0.15) is 46.0 Å². The van der Waals surface area contributed by atoms with Gasteiger partial charge >= 0.3 is 11.9 Å². The minimum Gasteiger partial charge on any atom is -0.466 e. The maximum absolute atomic E-state index is 11.1. The van der Waals surface area contributed by atoms with E-state index in [4.69, 9.17) is 4.74 Å². The molecule has 0 amide bonds. The average molecular weight is 459 g/mol. The van der Waals surface area contributed by atoms with E-state index in [0.29, 0.717) is 11.1 Å². The Balaban J connectivity index is 0. The largest absolute Gasteiger partial charge is 0.466 e. The molecule has 1 aliphatic rings. The van der Waals surface area contributed by atoms with Crippen molar-refractivity contribution in [1.29, 1.82) is 0 Å². The van der Waals surface area contributed by atoms with Gasteiger partial charge in [-0.25, -0.2) is 14.6 Å². The second kappa shape index (κ2) is 16.5. The Hall–Kier alpha value is -2.31. The standard InChI is InChI=1S/C10H16O2.C7H6N2.C5H8O2.2ClH/c1-8(2)10(11)12-9-6-4-3-5-7-9;1-2-4-7-6(3-1)8-5-9-7;1-4(2)5(6)7-3;;/h9H,1,3-7H2,2H3;1-5H,(H,8,9);1H2,2-3H3;2*1H. The Morgan fingerprint density at radius 3 is 2.03 bits per heavy atom. The monoisotopic (exact) mass is 458 g/mol. The third-order valence-corrected chi connectivity index (χ3v) is 4.04. The number of esters is 2. The van der Waals surface area contributed by atoms with Gasteiger partial charge in [0.05, 0.1) is 24.5 Å². The first-order valence-corrected chi connectivity index (χ1v) is 9.33. The van der Waals surface area contributed by atoms with Crippen molar-refractivity contribution in [3.05, 3.63) is 54.9 Å². The number of rotatable bonds is 3. The molecule has 0 bridgehead atoms. The SMILES string of the molecule is C=C(C)C(=O)OC.C=C(C)C(=O)OC1CCCCC1.Cl.Cl.c1ccc2[nH]cnc2c1. The first-order chi connectivity index (χ1) is 13.3. The molecule has 1 fully saturated rings. The molecule has 1 aliphatic carbocycles. The number of para-hydroxylation sites is 2. The van der Waals surface area contributed by atoms with Crippen LogP contribution in [0.3, 0.4) is 0 Å². The van der Waals surface area contributed by atoms with Gasteiger partial charge < -0.3 is 14.5 Å². The van der Waals surface area contributed by atoms with E-state index in [9.17, 15) is 9.59 Å². The molecule has 1 heterocycles. The second-order valence-electron chi connectivity index (χ2n) is 6.64. The summed E-state index contributed by atoms with van der Waals surface area (Å²) < 4.78 is 9.49. The number of aromatic amines is 1. The van der Waals surface area contributed by atoms with Gasteiger partial charge in [0.15, 0.2) is 0 Å². The van der Waals surface area contributed by atoms with Crippen LogP contribution in [0.25, 0.3) is 11.0 Å². The van der Waals surface area contributed by atoms with E-state index in [2.05, 4.69) is 27.9 Å². The zero-order valence-corrected chi connectivity index (χ0v) is 19.4. The number of benzene rings is 1. The van der Waals surface area contributed by atoms with E-state index >= 15 is 0 Å². The number of nitrogens with one attached hydrogen (secondary N) is 1. The summed E-state index contributed by atoms with van der Waals surface area (Å²) in [5.74, 6) is -0.582. The first-order valence-electron chi connectivity index (χ1n) is 9.33. The van der Waals surface area contributed by atoms with E-state index in [1.54, 1.807) is 20.2 Å². The molecule has 0 atom stereocenters. The number of methoxy groups -OCH3 is 1. The van der Waals surface area contributed by atoms with Crippen LogP contribution in [-0.4, -0.2) is 35.1 Å². The van der Waals surface area contributed by atoms with Crippen LogP contribution < -0.4 is 0 Å². The third kappa shape index (κ3) is 11.6. The van der Waals surface area contributed by atoms with Gasteiger partial charge in [0.2, 0.25) is 0 Å². The molecule has 168 valence electrons. The summed E-state index contributed by atoms with van der Waals surface area (Å²) in [5.41, 5.74) is 3.05. The topological polar surface area (TPSA) is 81.3 Å². The van der Waals surface area contributed by atoms with Crippen molar-refractivity contribution in [3.8, 4) is 0 Å². The van der Waals surface area contributed by atoms with Gasteiger partial charge in [0.1, 0.15) is 6.10 Å². The van der Waals surface area contributed by atoms with Gasteiger partial charge in [-0.15, -0.1) is 24.8 Å². The smallest absolute Gasteiger partial charge is 0.333 e. The number of hydrogen-bond donors (Lipinski definition) is 1. The van der Waals surface area contributed by atoms with Gasteiger partial charge in [-0.2, -0.15) is 0 Å². The Bertz CT molecular complexity index is 769. The lowest BCUT2D eigenvalue weighted by Crippen LogP contribution is -2.20. The number of imidazole rings is 1. The number of hydrogen-bond acceptors (Lipinski definition) is 5. The minimum atomic E-state index is -0.347. The third-order valence-electron chi connectivity index (χ3n) is 4.04. The van der Waals surface area contributed by atoms with Crippen LogP contribution in [-0.2, 0) is 19.1 Å². The number of carbonyl (C=O) groups excluding carboxylic acids is 2. The zero-order valence-electron chi connectivity index (χ0n) is 17.8. The molecule has 8 heteroatoms. The fraction of sp³-hybridized carbons (Fsp3) is 0.409. The summed E-state index contributed by atoms with van der Waals surface area (Å²) in [6.45, 7) is 10.2. The van der Waals surface area contributed by atoms with Gasteiger partial charge in [0, 0.05) is 11.1 Å². The highest BCUT2D eigenvalue weighted by Crippen LogP contribution is 2.20. The molecular weight excluding hydrogens is 427 g/mol. The predicted molar refractivity (Wildman–Crippen MR) is 125 cm³/mol. The molecule has 3 rings (SSSR count). The molecule has 1 aromatic carbocycles. The van der Waals surface area contributed by atoms with E-state index in [1.807, 2.05) is 24.3 Å². The molecule has 0 saturated heterocycles. The Morgan fingerprint density at radius 2 is 1.57 bits per heavy atom. The van der Waals surface area contributed by atoms with Crippen LogP contribution in [0, 0.1) is 0 Å². The number of aromatic nitrogens is 2. The Kier molecular flexibility index (Phi) is 16.4. The van der Waals surface area contributed by atoms with E-state index in [0.717, 1.165) is 23.9 Å². The van der Waals surface area contributed by atoms with Crippen LogP contribution in [0.2, 0.25) is 0 Å². The lowest BCUT2D eigenvalue weighted by molar-refractivity contribution is -0.145. The quantitative estimate of drug-likeness (QED) is 0.479. The number of carbonyl (C=O) groups is 2. The molecule has 1 aromatic heterocycles. The molecule has 0 spiro atoms. The average Bonchev–Trinajstić information content (AvgIpc) is 3.17. The molecular formula is C22H32Cl2N2O4. The highest BCUT2D eigenvalue weighted by molar-refractivity contribution is 5.87. The fourth-order valence-electron chi connectivity index (χ4n) is 2.49. The maximum atomic E-state index is 11.1. The van der Waals surface area contributed by atoms with Crippen molar-refractivity contribution in [2.75, 3.05) is 7.11 Å². The van der Waals surface area contributed by atoms with Crippen LogP contribution in [0.4, 0.5) is 0 Å². The highest BCUT2D eigenvalue weighted by Gasteiger charge is 2.17. The van der Waals surface area contributed by atoms with Crippen molar-refractivity contribution >= 4 is 47.8 Å². The summed E-state index contributed by atoms with van der Waals surface area (Å²) in [7, 11) is 1.33. The van der Waals surface area contributed by atoms with Crippen LogP contribution >= 0.6 is 24.8 Å². The van der Waals surface area contributed by atoms with E-state index < -0.39 is 0 Å². The number of fused-ring (bicyclic) bond motifs is 1. The molecule has 1 saturated carbocycles. The molecule has 30 heavy (non-hydrogen) atoms. The molecule has 1 N–H and O–H groups in total. The van der Waals surface area contributed by atoms with Crippen molar-refractivity contribution < 1.29 is 19.1 Å².